The number of piperazine rings is 1. The summed E-state index contributed by atoms with van der Waals surface area (Å²) in [6, 6.07) is 19.3. The van der Waals surface area contributed by atoms with Crippen LogP contribution in [0.5, 0.6) is 0 Å². The van der Waals surface area contributed by atoms with Gasteiger partial charge in [-0.15, -0.1) is 0 Å². The summed E-state index contributed by atoms with van der Waals surface area (Å²) in [6.45, 7) is 2.90. The zero-order chi connectivity index (χ0) is 18.7. The monoisotopic (exact) mass is 384 g/mol. The molecule has 1 aliphatic heterocycles. The molecule has 0 spiro atoms. The van der Waals surface area contributed by atoms with Gasteiger partial charge in [-0.1, -0.05) is 54.6 Å². The highest BCUT2D eigenvalue weighted by Gasteiger charge is 2.32. The fourth-order valence-electron chi connectivity index (χ4n) is 4.44. The molecular formula is C22H28N2O2S. The second kappa shape index (κ2) is 8.13. The zero-order valence-corrected chi connectivity index (χ0v) is 16.6. The Morgan fingerprint density at radius 3 is 2.37 bits per heavy atom. The van der Waals surface area contributed by atoms with Crippen molar-refractivity contribution in [3.63, 3.8) is 0 Å². The molecular weight excluding hydrogens is 356 g/mol. The topological polar surface area (TPSA) is 40.6 Å². The van der Waals surface area contributed by atoms with E-state index in [0.29, 0.717) is 25.6 Å². The van der Waals surface area contributed by atoms with Gasteiger partial charge < -0.3 is 0 Å². The molecule has 2 aromatic carbocycles. The Morgan fingerprint density at radius 1 is 0.889 bits per heavy atom. The lowest BCUT2D eigenvalue weighted by molar-refractivity contribution is 0.137. The number of benzene rings is 2. The van der Waals surface area contributed by atoms with Crippen LogP contribution in [0, 0.1) is 0 Å². The number of aryl methyl sites for hydroxylation is 2. The maximum atomic E-state index is 12.7. The van der Waals surface area contributed by atoms with Gasteiger partial charge in [0.25, 0.3) is 0 Å². The molecule has 0 amide bonds. The summed E-state index contributed by atoms with van der Waals surface area (Å²) in [5.74, 6) is 0.244. The van der Waals surface area contributed by atoms with Gasteiger partial charge in [-0.2, -0.15) is 4.31 Å². The van der Waals surface area contributed by atoms with Crippen LogP contribution in [0.4, 0.5) is 0 Å². The van der Waals surface area contributed by atoms with Gasteiger partial charge >= 0.3 is 0 Å². The van der Waals surface area contributed by atoms with Crippen molar-refractivity contribution in [2.45, 2.75) is 31.7 Å². The SMILES string of the molecule is O=S(=O)(CCCc1ccccc1)N1CCN(C2CCc3ccccc32)CC1. The molecule has 0 aromatic heterocycles. The van der Waals surface area contributed by atoms with Gasteiger partial charge in [-0.05, 0) is 42.4 Å². The molecule has 2 aromatic rings. The van der Waals surface area contributed by atoms with Crippen molar-refractivity contribution < 1.29 is 8.42 Å². The van der Waals surface area contributed by atoms with Gasteiger partial charge in [0.05, 0.1) is 5.75 Å². The zero-order valence-electron chi connectivity index (χ0n) is 15.8. The van der Waals surface area contributed by atoms with Crippen LogP contribution in [-0.4, -0.2) is 49.6 Å². The van der Waals surface area contributed by atoms with Crippen LogP contribution >= 0.6 is 0 Å². The maximum absolute atomic E-state index is 12.7. The lowest BCUT2D eigenvalue weighted by Gasteiger charge is -2.37. The predicted octanol–water partition coefficient (Wildman–Crippen LogP) is 3.25. The Bertz CT molecular complexity index is 859. The van der Waals surface area contributed by atoms with E-state index in [2.05, 4.69) is 41.3 Å². The molecule has 1 saturated heterocycles. The highest BCUT2D eigenvalue weighted by Crippen LogP contribution is 2.36. The van der Waals surface area contributed by atoms with E-state index >= 15 is 0 Å². The van der Waals surface area contributed by atoms with Crippen molar-refractivity contribution in [1.29, 1.82) is 0 Å². The minimum atomic E-state index is -3.15. The van der Waals surface area contributed by atoms with Crippen LogP contribution in [0.1, 0.15) is 35.6 Å². The van der Waals surface area contributed by atoms with E-state index < -0.39 is 10.0 Å². The summed E-state index contributed by atoms with van der Waals surface area (Å²) < 4.78 is 27.1. The molecule has 0 radical (unpaired) electrons. The summed E-state index contributed by atoms with van der Waals surface area (Å²) in [7, 11) is -3.15. The predicted molar refractivity (Wildman–Crippen MR) is 109 cm³/mol. The molecule has 0 N–H and O–H groups in total. The van der Waals surface area contributed by atoms with Crippen molar-refractivity contribution in [2.24, 2.45) is 0 Å². The molecule has 1 fully saturated rings. The molecule has 0 bridgehead atoms. The minimum Gasteiger partial charge on any atom is -0.294 e. The molecule has 144 valence electrons. The van der Waals surface area contributed by atoms with E-state index in [1.54, 1.807) is 4.31 Å². The quantitative estimate of drug-likeness (QED) is 0.768. The average Bonchev–Trinajstić information content (AvgIpc) is 3.13. The fourth-order valence-corrected chi connectivity index (χ4v) is 5.93. The first kappa shape index (κ1) is 18.7. The maximum Gasteiger partial charge on any atom is 0.214 e. The summed E-state index contributed by atoms with van der Waals surface area (Å²) in [5.41, 5.74) is 4.10. The molecule has 27 heavy (non-hydrogen) atoms. The van der Waals surface area contributed by atoms with Crippen LogP contribution in [0.15, 0.2) is 54.6 Å². The Kier molecular flexibility index (Phi) is 5.62. The van der Waals surface area contributed by atoms with Crippen LogP contribution in [0.2, 0.25) is 0 Å². The second-order valence-electron chi connectivity index (χ2n) is 7.59. The van der Waals surface area contributed by atoms with Crippen molar-refractivity contribution in [3.05, 3.63) is 71.3 Å². The average molecular weight is 385 g/mol. The van der Waals surface area contributed by atoms with Crippen LogP contribution < -0.4 is 0 Å². The number of fused-ring (bicyclic) bond motifs is 1. The first-order valence-corrected chi connectivity index (χ1v) is 11.6. The Balaban J connectivity index is 1.29. The van der Waals surface area contributed by atoms with Crippen molar-refractivity contribution in [2.75, 3.05) is 31.9 Å². The van der Waals surface area contributed by atoms with E-state index in [1.165, 1.54) is 16.7 Å². The molecule has 4 rings (SSSR count). The number of nitrogens with zero attached hydrogens (tertiary/aromatic N) is 2. The van der Waals surface area contributed by atoms with Gasteiger partial charge in [0, 0.05) is 32.2 Å². The molecule has 5 heteroatoms. The van der Waals surface area contributed by atoms with E-state index in [1.807, 2.05) is 18.2 Å². The molecule has 1 heterocycles. The number of hydrogen-bond acceptors (Lipinski definition) is 3. The van der Waals surface area contributed by atoms with Gasteiger partial charge in [0.15, 0.2) is 0 Å². The van der Waals surface area contributed by atoms with Gasteiger partial charge in [0.2, 0.25) is 10.0 Å². The molecule has 1 aliphatic carbocycles. The normalized spacial score (nSPS) is 21.3. The van der Waals surface area contributed by atoms with Crippen LogP contribution in [-0.2, 0) is 22.9 Å². The van der Waals surface area contributed by atoms with E-state index in [0.717, 1.165) is 32.4 Å². The third-order valence-electron chi connectivity index (χ3n) is 5.92. The van der Waals surface area contributed by atoms with Gasteiger partial charge in [-0.3, -0.25) is 4.90 Å². The van der Waals surface area contributed by atoms with E-state index in [4.69, 9.17) is 0 Å². The summed E-state index contributed by atoms with van der Waals surface area (Å²) in [5, 5.41) is 0. The van der Waals surface area contributed by atoms with Crippen molar-refractivity contribution in [3.8, 4) is 0 Å². The van der Waals surface area contributed by atoms with E-state index in [-0.39, 0.29) is 5.75 Å². The largest absolute Gasteiger partial charge is 0.294 e. The Hall–Kier alpha value is -1.69. The standard InChI is InChI=1S/C22H28N2O2S/c25-27(26,18-6-9-19-7-2-1-3-8-19)24-16-14-23(15-17-24)22-13-12-20-10-4-5-11-21(20)22/h1-5,7-8,10-11,22H,6,9,12-18H2. The Morgan fingerprint density at radius 2 is 1.59 bits per heavy atom. The lowest BCUT2D eigenvalue weighted by atomic mass is 10.1. The number of sulfonamides is 1. The van der Waals surface area contributed by atoms with Crippen molar-refractivity contribution in [1.82, 2.24) is 9.21 Å². The molecule has 1 unspecified atom stereocenters. The summed E-state index contributed by atoms with van der Waals surface area (Å²) in [6.07, 6.45) is 3.80. The summed E-state index contributed by atoms with van der Waals surface area (Å²) >= 11 is 0. The highest BCUT2D eigenvalue weighted by molar-refractivity contribution is 7.89. The number of hydrogen-bond donors (Lipinski definition) is 0. The van der Waals surface area contributed by atoms with Crippen LogP contribution in [0.3, 0.4) is 0 Å². The molecule has 4 nitrogen and oxygen atoms in total. The fraction of sp³-hybridized carbons (Fsp3) is 0.455. The molecule has 0 saturated carbocycles. The lowest BCUT2D eigenvalue weighted by Crippen LogP contribution is -2.49. The first-order valence-electron chi connectivity index (χ1n) is 9.97. The minimum absolute atomic E-state index is 0.244. The first-order chi connectivity index (χ1) is 13.1. The van der Waals surface area contributed by atoms with Crippen LogP contribution in [0.25, 0.3) is 0 Å². The smallest absolute Gasteiger partial charge is 0.214 e. The Labute approximate surface area is 162 Å². The van der Waals surface area contributed by atoms with Crippen molar-refractivity contribution >= 4 is 10.0 Å². The number of rotatable bonds is 6. The summed E-state index contributed by atoms with van der Waals surface area (Å²) in [4.78, 5) is 2.47. The van der Waals surface area contributed by atoms with Gasteiger partial charge in [-0.25, -0.2) is 8.42 Å². The molecule has 1 atom stereocenters. The highest BCUT2D eigenvalue weighted by atomic mass is 32.2. The third kappa shape index (κ3) is 4.26. The van der Waals surface area contributed by atoms with E-state index in [9.17, 15) is 8.42 Å². The second-order valence-corrected chi connectivity index (χ2v) is 9.68. The van der Waals surface area contributed by atoms with Gasteiger partial charge in [0.1, 0.15) is 0 Å². The molecule has 2 aliphatic rings. The third-order valence-corrected chi connectivity index (χ3v) is 7.88.